The number of thioether (sulfide) groups is 1. The van der Waals surface area contributed by atoms with Gasteiger partial charge in [-0.05, 0) is 44.3 Å². The molecule has 0 aromatic heterocycles. The van der Waals surface area contributed by atoms with Gasteiger partial charge in [0.15, 0.2) is 0 Å². The fourth-order valence-corrected chi connectivity index (χ4v) is 2.73. The summed E-state index contributed by atoms with van der Waals surface area (Å²) < 4.78 is 0. The monoisotopic (exact) mass is 216 g/mol. The lowest BCUT2D eigenvalue weighted by molar-refractivity contribution is 0.323. The molecule has 0 unspecified atom stereocenters. The Morgan fingerprint density at radius 2 is 1.93 bits per heavy atom. The maximum atomic E-state index is 3.32. The van der Waals surface area contributed by atoms with Gasteiger partial charge in [0.1, 0.15) is 0 Å². The lowest BCUT2D eigenvalue weighted by Gasteiger charge is -2.26. The molecule has 1 heterocycles. The Bertz CT molecular complexity index is 133. The standard InChI is InChI=1S/C11H24N2S/c1-3-13(4-2)6-8-14-7-5-11-9-12-10-11/h11-12H,3-10H2,1-2H3. The normalized spacial score (nSPS) is 17.4. The lowest BCUT2D eigenvalue weighted by Crippen LogP contribution is -2.42. The highest BCUT2D eigenvalue weighted by atomic mass is 32.2. The molecule has 1 rings (SSSR count). The van der Waals surface area contributed by atoms with Gasteiger partial charge < -0.3 is 10.2 Å². The van der Waals surface area contributed by atoms with Crippen molar-refractivity contribution in [1.82, 2.24) is 10.2 Å². The first-order valence-electron chi connectivity index (χ1n) is 5.87. The molecule has 1 saturated heterocycles. The van der Waals surface area contributed by atoms with Crippen molar-refractivity contribution in [2.75, 3.05) is 44.2 Å². The van der Waals surface area contributed by atoms with Crippen molar-refractivity contribution in [3.63, 3.8) is 0 Å². The van der Waals surface area contributed by atoms with Gasteiger partial charge in [-0.2, -0.15) is 11.8 Å². The van der Waals surface area contributed by atoms with E-state index in [0.717, 1.165) is 5.92 Å². The van der Waals surface area contributed by atoms with Gasteiger partial charge in [-0.25, -0.2) is 0 Å². The molecule has 1 aliphatic rings. The minimum Gasteiger partial charge on any atom is -0.316 e. The van der Waals surface area contributed by atoms with E-state index in [1.54, 1.807) is 0 Å². The SMILES string of the molecule is CCN(CC)CCSCCC1CNC1. The average Bonchev–Trinajstić information content (AvgIpc) is 2.14. The van der Waals surface area contributed by atoms with E-state index in [-0.39, 0.29) is 0 Å². The second-order valence-electron chi connectivity index (χ2n) is 3.95. The third-order valence-corrected chi connectivity index (χ3v) is 3.98. The van der Waals surface area contributed by atoms with E-state index >= 15 is 0 Å². The summed E-state index contributed by atoms with van der Waals surface area (Å²) in [6.45, 7) is 10.7. The molecule has 14 heavy (non-hydrogen) atoms. The minimum absolute atomic E-state index is 0.982. The van der Waals surface area contributed by atoms with Crippen LogP contribution in [0.4, 0.5) is 0 Å². The van der Waals surface area contributed by atoms with Crippen LogP contribution in [0.1, 0.15) is 20.3 Å². The smallest absolute Gasteiger partial charge is 0.00721 e. The van der Waals surface area contributed by atoms with E-state index < -0.39 is 0 Å². The third-order valence-electron chi connectivity index (χ3n) is 2.98. The quantitative estimate of drug-likeness (QED) is 0.621. The summed E-state index contributed by atoms with van der Waals surface area (Å²) in [5.41, 5.74) is 0. The second-order valence-corrected chi connectivity index (χ2v) is 5.18. The maximum Gasteiger partial charge on any atom is 0.00721 e. The topological polar surface area (TPSA) is 15.3 Å². The second kappa shape index (κ2) is 7.55. The molecule has 0 aromatic rings. The molecule has 0 aliphatic carbocycles. The van der Waals surface area contributed by atoms with Gasteiger partial charge in [0, 0.05) is 12.3 Å². The first-order chi connectivity index (χ1) is 6.86. The van der Waals surface area contributed by atoms with Gasteiger partial charge >= 0.3 is 0 Å². The Labute approximate surface area is 92.8 Å². The fourth-order valence-electron chi connectivity index (χ4n) is 1.64. The lowest BCUT2D eigenvalue weighted by atomic mass is 10.0. The zero-order valence-corrected chi connectivity index (χ0v) is 10.4. The van der Waals surface area contributed by atoms with Gasteiger partial charge in [0.25, 0.3) is 0 Å². The molecule has 1 fully saturated rings. The van der Waals surface area contributed by atoms with Crippen molar-refractivity contribution in [2.45, 2.75) is 20.3 Å². The summed E-state index contributed by atoms with van der Waals surface area (Å²) in [6, 6.07) is 0. The van der Waals surface area contributed by atoms with E-state index in [4.69, 9.17) is 0 Å². The Morgan fingerprint density at radius 3 is 2.43 bits per heavy atom. The highest BCUT2D eigenvalue weighted by molar-refractivity contribution is 7.99. The van der Waals surface area contributed by atoms with Crippen LogP contribution in [0.25, 0.3) is 0 Å². The number of nitrogens with zero attached hydrogens (tertiary/aromatic N) is 1. The largest absolute Gasteiger partial charge is 0.316 e. The van der Waals surface area contributed by atoms with Crippen LogP contribution in [0.2, 0.25) is 0 Å². The third kappa shape index (κ3) is 4.67. The van der Waals surface area contributed by atoms with Gasteiger partial charge in [-0.1, -0.05) is 13.8 Å². The number of rotatable bonds is 8. The summed E-state index contributed by atoms with van der Waals surface area (Å²) in [5.74, 6) is 3.64. The molecule has 0 aromatic carbocycles. The van der Waals surface area contributed by atoms with Crippen molar-refractivity contribution < 1.29 is 0 Å². The van der Waals surface area contributed by atoms with Crippen molar-refractivity contribution >= 4 is 11.8 Å². The van der Waals surface area contributed by atoms with Crippen LogP contribution >= 0.6 is 11.8 Å². The van der Waals surface area contributed by atoms with Crippen molar-refractivity contribution in [2.24, 2.45) is 5.92 Å². The van der Waals surface area contributed by atoms with Crippen molar-refractivity contribution in [1.29, 1.82) is 0 Å². The molecule has 0 radical (unpaired) electrons. The van der Waals surface area contributed by atoms with Crippen molar-refractivity contribution in [3.8, 4) is 0 Å². The zero-order valence-electron chi connectivity index (χ0n) is 9.59. The molecular formula is C11H24N2S. The number of hydrogen-bond donors (Lipinski definition) is 1. The van der Waals surface area contributed by atoms with E-state index in [1.807, 2.05) is 0 Å². The van der Waals surface area contributed by atoms with Gasteiger partial charge in [0.05, 0.1) is 0 Å². The molecule has 0 atom stereocenters. The van der Waals surface area contributed by atoms with E-state index in [0.29, 0.717) is 0 Å². The maximum absolute atomic E-state index is 3.32. The summed E-state index contributed by atoms with van der Waals surface area (Å²) in [7, 11) is 0. The summed E-state index contributed by atoms with van der Waals surface area (Å²) >= 11 is 2.12. The Morgan fingerprint density at radius 1 is 1.21 bits per heavy atom. The van der Waals surface area contributed by atoms with Crippen LogP contribution in [0.5, 0.6) is 0 Å². The number of nitrogens with one attached hydrogen (secondary N) is 1. The summed E-state index contributed by atoms with van der Waals surface area (Å²) in [4.78, 5) is 2.50. The summed E-state index contributed by atoms with van der Waals surface area (Å²) in [6.07, 6.45) is 1.41. The molecular weight excluding hydrogens is 192 g/mol. The predicted molar refractivity (Wildman–Crippen MR) is 66.1 cm³/mol. The molecule has 84 valence electrons. The molecule has 2 nitrogen and oxygen atoms in total. The molecule has 0 spiro atoms. The first-order valence-corrected chi connectivity index (χ1v) is 7.03. The Kier molecular flexibility index (Phi) is 6.65. The molecule has 1 N–H and O–H groups in total. The van der Waals surface area contributed by atoms with Gasteiger partial charge in [0.2, 0.25) is 0 Å². The minimum atomic E-state index is 0.982. The van der Waals surface area contributed by atoms with Crippen LogP contribution in [0.15, 0.2) is 0 Å². The van der Waals surface area contributed by atoms with Gasteiger partial charge in [-0.15, -0.1) is 0 Å². The fraction of sp³-hybridized carbons (Fsp3) is 1.00. The Hall–Kier alpha value is 0.270. The molecule has 1 aliphatic heterocycles. The highest BCUT2D eigenvalue weighted by Gasteiger charge is 2.15. The van der Waals surface area contributed by atoms with E-state index in [9.17, 15) is 0 Å². The molecule has 3 heteroatoms. The van der Waals surface area contributed by atoms with Crippen LogP contribution < -0.4 is 5.32 Å². The van der Waals surface area contributed by atoms with Gasteiger partial charge in [-0.3, -0.25) is 0 Å². The predicted octanol–water partition coefficient (Wildman–Crippen LogP) is 1.67. The Balaban J connectivity index is 1.83. The van der Waals surface area contributed by atoms with Crippen LogP contribution in [0, 0.1) is 5.92 Å². The molecule has 0 bridgehead atoms. The molecule has 0 saturated carbocycles. The number of hydrogen-bond acceptors (Lipinski definition) is 3. The van der Waals surface area contributed by atoms with Crippen LogP contribution in [-0.4, -0.2) is 49.1 Å². The van der Waals surface area contributed by atoms with E-state index in [2.05, 4.69) is 35.8 Å². The molecule has 0 amide bonds. The van der Waals surface area contributed by atoms with Crippen LogP contribution in [-0.2, 0) is 0 Å². The zero-order chi connectivity index (χ0) is 10.2. The average molecular weight is 216 g/mol. The van der Waals surface area contributed by atoms with Crippen molar-refractivity contribution in [3.05, 3.63) is 0 Å². The van der Waals surface area contributed by atoms with Crippen LogP contribution in [0.3, 0.4) is 0 Å². The van der Waals surface area contributed by atoms with E-state index in [1.165, 1.54) is 50.7 Å². The highest BCUT2D eigenvalue weighted by Crippen LogP contribution is 2.13. The first kappa shape index (κ1) is 12.3. The summed E-state index contributed by atoms with van der Waals surface area (Å²) in [5, 5.41) is 3.32.